The Hall–Kier alpha value is -3.39. The van der Waals surface area contributed by atoms with Crippen molar-refractivity contribution in [3.8, 4) is 17.3 Å². The van der Waals surface area contributed by atoms with Gasteiger partial charge < -0.3 is 21.5 Å². The van der Waals surface area contributed by atoms with Gasteiger partial charge in [-0.1, -0.05) is 35.1 Å². The molecule has 0 fully saturated rings. The van der Waals surface area contributed by atoms with E-state index in [9.17, 15) is 5.11 Å². The second-order valence-corrected chi connectivity index (χ2v) is 8.19. The number of nitrogen functional groups attached to an aromatic ring is 1. The number of aliphatic hydroxyl groups is 1. The van der Waals surface area contributed by atoms with Crippen LogP contribution in [0.2, 0.25) is 5.02 Å². The Labute approximate surface area is 187 Å². The Morgan fingerprint density at radius 3 is 2.77 bits per heavy atom. The van der Waals surface area contributed by atoms with Crippen molar-refractivity contribution in [3.63, 3.8) is 0 Å². The number of aromatic nitrogens is 4. The molecule has 3 heterocycles. The summed E-state index contributed by atoms with van der Waals surface area (Å²) in [5.41, 5.74) is 9.47. The van der Waals surface area contributed by atoms with Gasteiger partial charge in [-0.15, -0.1) is 0 Å². The van der Waals surface area contributed by atoms with Crippen LogP contribution in [0.5, 0.6) is 0 Å². The van der Waals surface area contributed by atoms with Gasteiger partial charge in [0.2, 0.25) is 0 Å². The smallest absolute Gasteiger partial charge is 0.186 e. The fourth-order valence-electron chi connectivity index (χ4n) is 3.05. The highest BCUT2D eigenvalue weighted by Gasteiger charge is 2.13. The number of aryl methyl sites for hydroxylation is 1. The molecule has 0 radical (unpaired) electrons. The molecule has 0 aliphatic rings. The van der Waals surface area contributed by atoms with Gasteiger partial charge in [-0.2, -0.15) is 10.4 Å². The number of nitrogens with one attached hydrogen (secondary N) is 2. The second kappa shape index (κ2) is 8.77. The maximum Gasteiger partial charge on any atom is 0.186 e. The molecule has 3 aromatic heterocycles. The molecule has 9 nitrogen and oxygen atoms in total. The standard InChI is InChI=1S/C20H19ClN8OS/c1-11-2-3-13(14(21)6-11)15-9-29-16(7-12(10-30)28-29)19(26-15)24-4-5-25-20-27-18(23)17(8-22)31-20/h2-3,6-7,9,30H,4-5,10,23H2,1H3,(H,24,26)(H,25,27). The lowest BCUT2D eigenvalue weighted by Crippen LogP contribution is -2.15. The summed E-state index contributed by atoms with van der Waals surface area (Å²) < 4.78 is 1.68. The number of hydrogen-bond acceptors (Lipinski definition) is 9. The number of nitriles is 1. The third-order valence-electron chi connectivity index (χ3n) is 4.52. The molecule has 0 bridgehead atoms. The zero-order valence-electron chi connectivity index (χ0n) is 16.6. The molecular formula is C20H19ClN8OS. The molecule has 0 amide bonds. The lowest BCUT2D eigenvalue weighted by atomic mass is 10.1. The van der Waals surface area contributed by atoms with E-state index in [4.69, 9.17) is 27.6 Å². The van der Waals surface area contributed by atoms with E-state index in [0.29, 0.717) is 45.3 Å². The maximum atomic E-state index is 9.49. The number of halogens is 1. The van der Waals surface area contributed by atoms with Crippen LogP contribution in [0.4, 0.5) is 16.8 Å². The molecule has 0 spiro atoms. The molecule has 0 aliphatic heterocycles. The number of aliphatic hydroxyl groups excluding tert-OH is 1. The fraction of sp³-hybridized carbons (Fsp3) is 0.200. The number of fused-ring (bicyclic) bond motifs is 1. The van der Waals surface area contributed by atoms with Gasteiger partial charge in [-0.05, 0) is 24.6 Å². The lowest BCUT2D eigenvalue weighted by Gasteiger charge is -2.11. The highest BCUT2D eigenvalue weighted by molar-refractivity contribution is 7.16. The maximum absolute atomic E-state index is 9.49. The molecule has 5 N–H and O–H groups in total. The number of hydrogen-bond donors (Lipinski definition) is 4. The molecule has 0 aliphatic carbocycles. The molecule has 11 heteroatoms. The van der Waals surface area contributed by atoms with Crippen molar-refractivity contribution in [2.75, 3.05) is 29.5 Å². The van der Waals surface area contributed by atoms with Crippen molar-refractivity contribution < 1.29 is 5.11 Å². The summed E-state index contributed by atoms with van der Waals surface area (Å²) in [6.07, 6.45) is 1.79. The molecule has 31 heavy (non-hydrogen) atoms. The summed E-state index contributed by atoms with van der Waals surface area (Å²) >= 11 is 7.65. The van der Waals surface area contributed by atoms with Gasteiger partial charge >= 0.3 is 0 Å². The highest BCUT2D eigenvalue weighted by Crippen LogP contribution is 2.30. The van der Waals surface area contributed by atoms with Crippen molar-refractivity contribution in [1.29, 1.82) is 5.26 Å². The Morgan fingerprint density at radius 2 is 2.06 bits per heavy atom. The van der Waals surface area contributed by atoms with E-state index in [1.807, 2.05) is 31.2 Å². The van der Waals surface area contributed by atoms with Crippen LogP contribution in [0.25, 0.3) is 16.8 Å². The van der Waals surface area contributed by atoms with Crippen molar-refractivity contribution >= 4 is 45.2 Å². The molecule has 0 saturated heterocycles. The van der Waals surface area contributed by atoms with E-state index in [0.717, 1.165) is 16.6 Å². The number of nitrogens with zero attached hydrogens (tertiary/aromatic N) is 5. The van der Waals surface area contributed by atoms with Gasteiger partial charge in [-0.3, -0.25) is 0 Å². The third kappa shape index (κ3) is 4.39. The van der Waals surface area contributed by atoms with E-state index in [1.54, 1.807) is 16.8 Å². The SMILES string of the molecule is Cc1ccc(-c2cn3nc(CO)cc3c(NCCNc3nc(N)c(C#N)s3)n2)c(Cl)c1. The molecule has 0 saturated carbocycles. The van der Waals surface area contributed by atoms with Crippen molar-refractivity contribution in [3.05, 3.63) is 51.6 Å². The first-order valence-electron chi connectivity index (χ1n) is 9.39. The van der Waals surface area contributed by atoms with E-state index in [2.05, 4.69) is 20.7 Å². The Bertz CT molecular complexity index is 1290. The largest absolute Gasteiger partial charge is 0.390 e. The summed E-state index contributed by atoms with van der Waals surface area (Å²) in [6, 6.07) is 9.58. The van der Waals surface area contributed by atoms with Gasteiger partial charge in [0.15, 0.2) is 16.8 Å². The van der Waals surface area contributed by atoms with Crippen LogP contribution in [-0.2, 0) is 6.61 Å². The van der Waals surface area contributed by atoms with E-state index < -0.39 is 0 Å². The monoisotopic (exact) mass is 454 g/mol. The summed E-state index contributed by atoms with van der Waals surface area (Å²) in [6.45, 7) is 2.86. The first kappa shape index (κ1) is 20.9. The first-order chi connectivity index (χ1) is 15.0. The normalized spacial score (nSPS) is 10.9. The molecule has 1 aromatic carbocycles. The number of rotatable bonds is 7. The average Bonchev–Trinajstić information content (AvgIpc) is 3.33. The van der Waals surface area contributed by atoms with Crippen molar-refractivity contribution in [2.24, 2.45) is 0 Å². The van der Waals surface area contributed by atoms with Crippen LogP contribution >= 0.6 is 22.9 Å². The lowest BCUT2D eigenvalue weighted by molar-refractivity contribution is 0.276. The van der Waals surface area contributed by atoms with Crippen LogP contribution < -0.4 is 16.4 Å². The molecule has 4 aromatic rings. The van der Waals surface area contributed by atoms with Gasteiger partial charge in [0, 0.05) is 18.7 Å². The van der Waals surface area contributed by atoms with Crippen LogP contribution in [-0.4, -0.2) is 37.8 Å². The number of nitrogens with two attached hydrogens (primary N) is 1. The summed E-state index contributed by atoms with van der Waals surface area (Å²) in [5.74, 6) is 0.837. The molecule has 158 valence electrons. The predicted octanol–water partition coefficient (Wildman–Crippen LogP) is 3.28. The summed E-state index contributed by atoms with van der Waals surface area (Å²) in [4.78, 5) is 9.25. The zero-order chi connectivity index (χ0) is 22.0. The van der Waals surface area contributed by atoms with Crippen molar-refractivity contribution in [1.82, 2.24) is 19.6 Å². The molecule has 0 unspecified atom stereocenters. The van der Waals surface area contributed by atoms with Crippen LogP contribution in [0.3, 0.4) is 0 Å². The predicted molar refractivity (Wildman–Crippen MR) is 122 cm³/mol. The highest BCUT2D eigenvalue weighted by atomic mass is 35.5. The van der Waals surface area contributed by atoms with Gasteiger partial charge in [-0.25, -0.2) is 14.5 Å². The topological polar surface area (TPSA) is 137 Å². The van der Waals surface area contributed by atoms with Crippen LogP contribution in [0.1, 0.15) is 16.1 Å². The third-order valence-corrected chi connectivity index (χ3v) is 5.76. The first-order valence-corrected chi connectivity index (χ1v) is 10.6. The second-order valence-electron chi connectivity index (χ2n) is 6.78. The van der Waals surface area contributed by atoms with E-state index in [-0.39, 0.29) is 12.4 Å². The van der Waals surface area contributed by atoms with E-state index in [1.165, 1.54) is 11.3 Å². The zero-order valence-corrected chi connectivity index (χ0v) is 18.1. The van der Waals surface area contributed by atoms with Crippen LogP contribution in [0.15, 0.2) is 30.5 Å². The average molecular weight is 455 g/mol. The minimum absolute atomic E-state index is 0.171. The minimum atomic E-state index is -0.171. The van der Waals surface area contributed by atoms with Gasteiger partial charge in [0.25, 0.3) is 0 Å². The summed E-state index contributed by atoms with van der Waals surface area (Å²) in [7, 11) is 0. The molecule has 0 atom stereocenters. The Balaban J connectivity index is 1.57. The fourth-order valence-corrected chi connectivity index (χ4v) is 4.09. The number of benzene rings is 1. The number of thiazole rings is 1. The van der Waals surface area contributed by atoms with E-state index >= 15 is 0 Å². The minimum Gasteiger partial charge on any atom is -0.390 e. The quantitative estimate of drug-likeness (QED) is 0.312. The van der Waals surface area contributed by atoms with Crippen molar-refractivity contribution in [2.45, 2.75) is 13.5 Å². The van der Waals surface area contributed by atoms with Crippen LogP contribution in [0, 0.1) is 18.3 Å². The van der Waals surface area contributed by atoms with Gasteiger partial charge in [0.1, 0.15) is 16.5 Å². The summed E-state index contributed by atoms with van der Waals surface area (Å²) in [5, 5.41) is 30.5. The number of anilines is 3. The molecule has 4 rings (SSSR count). The molecular weight excluding hydrogens is 436 g/mol. The Kier molecular flexibility index (Phi) is 5.90. The Morgan fingerprint density at radius 1 is 1.26 bits per heavy atom. The van der Waals surface area contributed by atoms with Gasteiger partial charge in [0.05, 0.1) is 29.2 Å².